The van der Waals surface area contributed by atoms with Gasteiger partial charge in [0.2, 0.25) is 0 Å². The van der Waals surface area contributed by atoms with E-state index in [0.29, 0.717) is 0 Å². The minimum Gasteiger partial charge on any atom is -0.495 e. The highest BCUT2D eigenvalue weighted by molar-refractivity contribution is 5.91. The van der Waals surface area contributed by atoms with E-state index in [-0.39, 0.29) is 5.75 Å². The molecule has 0 saturated carbocycles. The first-order valence-corrected chi connectivity index (χ1v) is 4.80. The van der Waals surface area contributed by atoms with Crippen LogP contribution in [0.25, 0.3) is 0 Å². The van der Waals surface area contributed by atoms with Crippen LogP contribution in [0.1, 0.15) is 16.1 Å². The molecule has 0 aromatic carbocycles. The van der Waals surface area contributed by atoms with Gasteiger partial charge in [0.25, 0.3) is 0 Å². The average Bonchev–Trinajstić information content (AvgIpc) is 2.35. The Kier molecular flexibility index (Phi) is 4.52. The summed E-state index contributed by atoms with van der Waals surface area (Å²) in [6, 6.07) is 0. The lowest BCUT2D eigenvalue weighted by molar-refractivity contribution is -0.275. The van der Waals surface area contributed by atoms with Crippen molar-refractivity contribution in [2.75, 3.05) is 14.2 Å². The summed E-state index contributed by atoms with van der Waals surface area (Å²) in [6.45, 7) is -1.33. The molecule has 1 aromatic rings. The fourth-order valence-corrected chi connectivity index (χ4v) is 1.28. The van der Waals surface area contributed by atoms with Gasteiger partial charge in [0, 0.05) is 0 Å². The minimum absolute atomic E-state index is 0.269. The van der Waals surface area contributed by atoms with E-state index in [9.17, 15) is 22.4 Å². The predicted octanol–water partition coefficient (Wildman–Crippen LogP) is 2.24. The number of hydrogen-bond donors (Lipinski definition) is 0. The number of rotatable bonds is 4. The smallest absolute Gasteiger partial charge is 0.495 e. The zero-order chi connectivity index (χ0) is 14.6. The molecule has 0 atom stereocenters. The molecule has 0 unspecified atom stereocenters. The predicted molar refractivity (Wildman–Crippen MR) is 53.6 cm³/mol. The van der Waals surface area contributed by atoms with Gasteiger partial charge in [-0.2, -0.15) is 0 Å². The van der Waals surface area contributed by atoms with Gasteiger partial charge < -0.3 is 14.2 Å². The molecule has 1 heterocycles. The van der Waals surface area contributed by atoms with Crippen molar-refractivity contribution in [3.63, 3.8) is 0 Å². The molecule has 106 valence electrons. The number of aromatic nitrogens is 1. The lowest BCUT2D eigenvalue weighted by Gasteiger charge is -2.16. The van der Waals surface area contributed by atoms with Crippen LogP contribution in [-0.4, -0.2) is 31.5 Å². The normalized spacial score (nSPS) is 11.1. The number of halogens is 4. The molecule has 0 saturated heterocycles. The van der Waals surface area contributed by atoms with Gasteiger partial charge in [0.15, 0.2) is 11.4 Å². The molecule has 0 aliphatic heterocycles. The first kappa shape index (κ1) is 15.0. The number of ether oxygens (including phenoxy) is 3. The molecule has 5 nitrogen and oxygen atoms in total. The topological polar surface area (TPSA) is 57.7 Å². The maximum Gasteiger partial charge on any atom is 0.573 e. The number of pyridine rings is 1. The standard InChI is InChI=1S/C10H9F4NO4/c1-17-6-4-15-7(9(16)18-2)8(5(6)3-11)19-10(12,13)14/h4H,3H2,1-2H3. The van der Waals surface area contributed by atoms with Crippen molar-refractivity contribution in [2.24, 2.45) is 0 Å². The Balaban J connectivity index is 3.44. The summed E-state index contributed by atoms with van der Waals surface area (Å²) in [6.07, 6.45) is -4.20. The quantitative estimate of drug-likeness (QED) is 0.626. The summed E-state index contributed by atoms with van der Waals surface area (Å²) in [5, 5.41) is 0. The van der Waals surface area contributed by atoms with E-state index in [1.807, 2.05) is 0 Å². The van der Waals surface area contributed by atoms with Crippen molar-refractivity contribution in [3.05, 3.63) is 17.5 Å². The van der Waals surface area contributed by atoms with Gasteiger partial charge in [-0.15, -0.1) is 13.2 Å². The molecule has 19 heavy (non-hydrogen) atoms. The van der Waals surface area contributed by atoms with Crippen molar-refractivity contribution in [3.8, 4) is 11.5 Å². The Hall–Kier alpha value is -2.06. The zero-order valence-electron chi connectivity index (χ0n) is 9.88. The molecule has 0 amide bonds. The first-order valence-electron chi connectivity index (χ1n) is 4.80. The Bertz CT molecular complexity index is 475. The third kappa shape index (κ3) is 3.46. The van der Waals surface area contributed by atoms with E-state index < -0.39 is 36.0 Å². The second kappa shape index (κ2) is 5.72. The fourth-order valence-electron chi connectivity index (χ4n) is 1.28. The van der Waals surface area contributed by atoms with Crippen molar-refractivity contribution >= 4 is 5.97 Å². The molecule has 0 spiro atoms. The monoisotopic (exact) mass is 283 g/mol. The third-order valence-electron chi connectivity index (χ3n) is 2.05. The van der Waals surface area contributed by atoms with E-state index in [1.54, 1.807) is 0 Å². The van der Waals surface area contributed by atoms with Gasteiger partial charge in [-0.05, 0) is 0 Å². The van der Waals surface area contributed by atoms with E-state index in [4.69, 9.17) is 0 Å². The summed E-state index contributed by atoms with van der Waals surface area (Å²) in [5.41, 5.74) is -1.36. The lowest BCUT2D eigenvalue weighted by Crippen LogP contribution is -2.21. The molecule has 9 heteroatoms. The molecule has 0 fully saturated rings. The average molecular weight is 283 g/mol. The van der Waals surface area contributed by atoms with Crippen molar-refractivity contribution in [1.82, 2.24) is 4.98 Å². The van der Waals surface area contributed by atoms with Crippen LogP contribution in [0.3, 0.4) is 0 Å². The largest absolute Gasteiger partial charge is 0.573 e. The van der Waals surface area contributed by atoms with Crippen LogP contribution in [0, 0.1) is 0 Å². The number of nitrogens with zero attached hydrogens (tertiary/aromatic N) is 1. The van der Waals surface area contributed by atoms with Crippen LogP contribution in [0.4, 0.5) is 17.6 Å². The maximum absolute atomic E-state index is 12.8. The molecule has 0 bridgehead atoms. The number of carbonyl (C=O) groups is 1. The molecular formula is C10H9F4NO4. The number of methoxy groups -OCH3 is 2. The second-order valence-electron chi connectivity index (χ2n) is 3.16. The van der Waals surface area contributed by atoms with Gasteiger partial charge >= 0.3 is 12.3 Å². The molecule has 1 rings (SSSR count). The maximum atomic E-state index is 12.8. The lowest BCUT2D eigenvalue weighted by atomic mass is 10.2. The van der Waals surface area contributed by atoms with Gasteiger partial charge in [0.05, 0.1) is 26.0 Å². The van der Waals surface area contributed by atoms with E-state index >= 15 is 0 Å². The summed E-state index contributed by atoms with van der Waals surface area (Å²) in [4.78, 5) is 14.7. The number of esters is 1. The SMILES string of the molecule is COC(=O)c1ncc(OC)c(CF)c1OC(F)(F)F. The molecule has 0 aliphatic rings. The number of alkyl halides is 4. The Morgan fingerprint density at radius 1 is 1.37 bits per heavy atom. The second-order valence-corrected chi connectivity index (χ2v) is 3.16. The fraction of sp³-hybridized carbons (Fsp3) is 0.400. The summed E-state index contributed by atoms with van der Waals surface area (Å²) < 4.78 is 62.2. The third-order valence-corrected chi connectivity index (χ3v) is 2.05. The van der Waals surface area contributed by atoms with Crippen LogP contribution in [-0.2, 0) is 11.4 Å². The van der Waals surface area contributed by atoms with Crippen LogP contribution >= 0.6 is 0 Å². The molecule has 0 N–H and O–H groups in total. The minimum atomic E-state index is -5.11. The molecule has 1 aromatic heterocycles. The molecule has 0 radical (unpaired) electrons. The van der Waals surface area contributed by atoms with Crippen LogP contribution in [0.15, 0.2) is 6.20 Å². The van der Waals surface area contributed by atoms with Gasteiger partial charge in [-0.25, -0.2) is 14.2 Å². The number of carbonyl (C=O) groups excluding carboxylic acids is 1. The summed E-state index contributed by atoms with van der Waals surface area (Å²) >= 11 is 0. The highest BCUT2D eigenvalue weighted by Crippen LogP contribution is 2.35. The summed E-state index contributed by atoms with van der Waals surface area (Å²) in [5.74, 6) is -2.52. The van der Waals surface area contributed by atoms with Crippen LogP contribution < -0.4 is 9.47 Å². The van der Waals surface area contributed by atoms with Crippen LogP contribution in [0.5, 0.6) is 11.5 Å². The van der Waals surface area contributed by atoms with E-state index in [1.165, 1.54) is 0 Å². The Labute approximate surface area is 105 Å². The zero-order valence-corrected chi connectivity index (χ0v) is 9.88. The van der Waals surface area contributed by atoms with Crippen molar-refractivity contribution in [2.45, 2.75) is 13.0 Å². The highest BCUT2D eigenvalue weighted by atomic mass is 19.4. The van der Waals surface area contributed by atoms with Crippen LogP contribution in [0.2, 0.25) is 0 Å². The van der Waals surface area contributed by atoms with Gasteiger partial charge in [-0.3, -0.25) is 0 Å². The first-order chi connectivity index (χ1) is 8.84. The van der Waals surface area contributed by atoms with Gasteiger partial charge in [-0.1, -0.05) is 0 Å². The highest BCUT2D eigenvalue weighted by Gasteiger charge is 2.36. The Morgan fingerprint density at radius 3 is 2.42 bits per heavy atom. The molecule has 0 aliphatic carbocycles. The van der Waals surface area contributed by atoms with Crippen molar-refractivity contribution < 1.29 is 36.6 Å². The van der Waals surface area contributed by atoms with Crippen molar-refractivity contribution in [1.29, 1.82) is 0 Å². The summed E-state index contributed by atoms with van der Waals surface area (Å²) in [7, 11) is 2.06. The Morgan fingerprint density at radius 2 is 2.00 bits per heavy atom. The van der Waals surface area contributed by atoms with Gasteiger partial charge in [0.1, 0.15) is 12.4 Å². The van der Waals surface area contributed by atoms with E-state index in [0.717, 1.165) is 20.4 Å². The van der Waals surface area contributed by atoms with E-state index in [2.05, 4.69) is 19.2 Å². The number of hydrogen-bond acceptors (Lipinski definition) is 5. The molecular weight excluding hydrogens is 274 g/mol.